The van der Waals surface area contributed by atoms with Crippen LogP contribution >= 0.6 is 24.0 Å². The second-order valence-corrected chi connectivity index (χ2v) is 7.61. The molecule has 0 spiro atoms. The molecule has 1 saturated heterocycles. The molecule has 0 aliphatic carbocycles. The van der Waals surface area contributed by atoms with Gasteiger partial charge in [-0.2, -0.15) is 13.2 Å². The highest BCUT2D eigenvalue weighted by atomic mass is 32.2. The lowest BCUT2D eigenvalue weighted by molar-refractivity contribution is -0.141. The van der Waals surface area contributed by atoms with Gasteiger partial charge in [0.2, 0.25) is 6.79 Å². The summed E-state index contributed by atoms with van der Waals surface area (Å²) in [6.07, 6.45) is -1.95. The Morgan fingerprint density at radius 3 is 2.71 bits per heavy atom. The zero-order valence-electron chi connectivity index (χ0n) is 14.0. The number of hydrogen-bond donors (Lipinski definition) is 0. The van der Waals surface area contributed by atoms with Gasteiger partial charge in [-0.3, -0.25) is 14.7 Å². The summed E-state index contributed by atoms with van der Waals surface area (Å²) < 4.78 is 48.8. The van der Waals surface area contributed by atoms with Crippen LogP contribution in [0.5, 0.6) is 11.5 Å². The number of carbonyl (C=O) groups is 1. The molecule has 3 heterocycles. The van der Waals surface area contributed by atoms with Crippen molar-refractivity contribution in [3.63, 3.8) is 0 Å². The first-order valence-electron chi connectivity index (χ1n) is 7.98. The predicted molar refractivity (Wildman–Crippen MR) is 101 cm³/mol. The molecule has 1 fully saturated rings. The molecule has 1 aromatic carbocycles. The second-order valence-electron chi connectivity index (χ2n) is 5.93. The Hall–Kier alpha value is -2.59. The van der Waals surface area contributed by atoms with Gasteiger partial charge in [-0.25, -0.2) is 0 Å². The number of amides is 1. The van der Waals surface area contributed by atoms with Crippen molar-refractivity contribution in [2.45, 2.75) is 12.7 Å². The van der Waals surface area contributed by atoms with Crippen molar-refractivity contribution >= 4 is 40.3 Å². The normalized spacial score (nSPS) is 17.7. The number of aromatic nitrogens is 1. The van der Waals surface area contributed by atoms with E-state index in [0.29, 0.717) is 26.3 Å². The maximum atomic E-state index is 12.7. The van der Waals surface area contributed by atoms with E-state index in [2.05, 4.69) is 4.98 Å². The number of benzene rings is 1. The van der Waals surface area contributed by atoms with Crippen LogP contribution in [0.4, 0.5) is 13.2 Å². The smallest absolute Gasteiger partial charge is 0.433 e. The summed E-state index contributed by atoms with van der Waals surface area (Å²) in [6.45, 7) is 0.410. The minimum Gasteiger partial charge on any atom is -0.454 e. The Morgan fingerprint density at radius 1 is 1.21 bits per heavy atom. The molecule has 28 heavy (non-hydrogen) atoms. The Labute approximate surface area is 167 Å². The third-order valence-corrected chi connectivity index (χ3v) is 5.40. The highest BCUT2D eigenvalue weighted by Crippen LogP contribution is 2.36. The van der Waals surface area contributed by atoms with Crippen LogP contribution in [0.3, 0.4) is 0 Å². The summed E-state index contributed by atoms with van der Waals surface area (Å²) in [5.74, 6) is 0.936. The SMILES string of the molecule is O=C1C(=Cc2ccc(C(F)(F)F)nc2)SC(=S)N1Cc1ccc2c(c1)OCO2. The number of carbonyl (C=O) groups excluding carboxylic acids is 1. The Morgan fingerprint density at radius 2 is 2.00 bits per heavy atom. The number of hydrogen-bond acceptors (Lipinski definition) is 6. The number of halogens is 3. The molecule has 0 unspecified atom stereocenters. The first-order chi connectivity index (χ1) is 13.3. The van der Waals surface area contributed by atoms with Gasteiger partial charge in [-0.15, -0.1) is 0 Å². The molecule has 5 nitrogen and oxygen atoms in total. The summed E-state index contributed by atoms with van der Waals surface area (Å²) >= 11 is 6.38. The first-order valence-corrected chi connectivity index (χ1v) is 9.21. The van der Waals surface area contributed by atoms with Gasteiger partial charge in [0.1, 0.15) is 10.0 Å². The molecule has 0 bridgehead atoms. The van der Waals surface area contributed by atoms with Crippen LogP contribution in [-0.2, 0) is 17.5 Å². The Balaban J connectivity index is 1.51. The first kappa shape index (κ1) is 18.8. The summed E-state index contributed by atoms with van der Waals surface area (Å²) in [4.78, 5) is 17.8. The second kappa shape index (κ2) is 7.10. The summed E-state index contributed by atoms with van der Waals surface area (Å²) in [7, 11) is 0. The lowest BCUT2D eigenvalue weighted by atomic mass is 10.2. The zero-order chi connectivity index (χ0) is 19.9. The van der Waals surface area contributed by atoms with Crippen molar-refractivity contribution in [3.8, 4) is 11.5 Å². The number of thioether (sulfide) groups is 1. The molecule has 0 radical (unpaired) electrons. The van der Waals surface area contributed by atoms with E-state index in [1.165, 1.54) is 17.0 Å². The minimum absolute atomic E-state index is 0.156. The lowest BCUT2D eigenvalue weighted by Gasteiger charge is -2.14. The van der Waals surface area contributed by atoms with Crippen LogP contribution in [0.25, 0.3) is 6.08 Å². The van der Waals surface area contributed by atoms with Gasteiger partial charge in [-0.05, 0) is 35.4 Å². The van der Waals surface area contributed by atoms with Crippen LogP contribution < -0.4 is 9.47 Å². The highest BCUT2D eigenvalue weighted by molar-refractivity contribution is 8.26. The standard InChI is InChI=1S/C18H11F3N2O3S2/c19-18(20,21)15-4-2-10(7-22-15)6-14-16(24)23(17(27)28-14)8-11-1-3-12-13(5-11)26-9-25-12/h1-7H,8-9H2. The number of fused-ring (bicyclic) bond motifs is 1. The number of alkyl halides is 3. The van der Waals surface area contributed by atoms with Gasteiger partial charge in [0.25, 0.3) is 5.91 Å². The molecule has 1 aromatic heterocycles. The minimum atomic E-state index is -4.51. The molecule has 4 rings (SSSR count). The Kier molecular flexibility index (Phi) is 4.76. The lowest BCUT2D eigenvalue weighted by Crippen LogP contribution is -2.27. The van der Waals surface area contributed by atoms with Crippen molar-refractivity contribution < 1.29 is 27.4 Å². The fraction of sp³-hybridized carbons (Fsp3) is 0.167. The number of rotatable bonds is 3. The number of ether oxygens (including phenoxy) is 2. The maximum Gasteiger partial charge on any atom is 0.433 e. The van der Waals surface area contributed by atoms with E-state index in [1.807, 2.05) is 6.07 Å². The molecule has 2 aliphatic heterocycles. The Bertz CT molecular complexity index is 991. The van der Waals surface area contributed by atoms with Gasteiger partial charge in [0.15, 0.2) is 11.5 Å². The summed E-state index contributed by atoms with van der Waals surface area (Å²) in [5.41, 5.74) is 0.217. The quantitative estimate of drug-likeness (QED) is 0.543. The van der Waals surface area contributed by atoms with Crippen LogP contribution in [0.2, 0.25) is 0 Å². The zero-order valence-corrected chi connectivity index (χ0v) is 15.7. The molecule has 10 heteroatoms. The van der Waals surface area contributed by atoms with E-state index in [4.69, 9.17) is 21.7 Å². The third-order valence-electron chi connectivity index (χ3n) is 4.03. The molecule has 1 amide bonds. The van der Waals surface area contributed by atoms with E-state index in [9.17, 15) is 18.0 Å². The van der Waals surface area contributed by atoms with Gasteiger partial charge in [0, 0.05) is 6.20 Å². The van der Waals surface area contributed by atoms with E-state index in [0.717, 1.165) is 29.6 Å². The predicted octanol–water partition coefficient (Wildman–Crippen LogP) is 4.23. The molecule has 0 N–H and O–H groups in total. The monoisotopic (exact) mass is 424 g/mol. The van der Waals surface area contributed by atoms with Gasteiger partial charge in [0.05, 0.1) is 11.4 Å². The van der Waals surface area contributed by atoms with Gasteiger partial charge in [-0.1, -0.05) is 36.1 Å². The van der Waals surface area contributed by atoms with E-state index >= 15 is 0 Å². The van der Waals surface area contributed by atoms with Crippen LogP contribution in [0.15, 0.2) is 41.4 Å². The van der Waals surface area contributed by atoms with Crippen molar-refractivity contribution in [1.29, 1.82) is 0 Å². The summed E-state index contributed by atoms with van der Waals surface area (Å²) in [5, 5.41) is 0. The molecule has 2 aliphatic rings. The van der Waals surface area contributed by atoms with Crippen LogP contribution in [0.1, 0.15) is 16.8 Å². The fourth-order valence-corrected chi connectivity index (χ4v) is 3.92. The van der Waals surface area contributed by atoms with Crippen molar-refractivity contribution in [1.82, 2.24) is 9.88 Å². The summed E-state index contributed by atoms with van der Waals surface area (Å²) in [6, 6.07) is 7.50. The largest absolute Gasteiger partial charge is 0.454 e. The molecule has 0 saturated carbocycles. The number of nitrogens with zero attached hydrogens (tertiary/aromatic N) is 2. The number of thiocarbonyl (C=S) groups is 1. The van der Waals surface area contributed by atoms with Crippen molar-refractivity contribution in [2.75, 3.05) is 6.79 Å². The molecule has 0 atom stereocenters. The molecular weight excluding hydrogens is 413 g/mol. The van der Waals surface area contributed by atoms with Crippen LogP contribution in [0, 0.1) is 0 Å². The van der Waals surface area contributed by atoms with E-state index in [1.54, 1.807) is 12.1 Å². The molecular formula is C18H11F3N2O3S2. The van der Waals surface area contributed by atoms with E-state index in [-0.39, 0.29) is 19.2 Å². The molecule has 2 aromatic rings. The fourth-order valence-electron chi connectivity index (χ4n) is 2.67. The average molecular weight is 424 g/mol. The third kappa shape index (κ3) is 3.69. The van der Waals surface area contributed by atoms with Crippen molar-refractivity contribution in [2.24, 2.45) is 0 Å². The maximum absolute atomic E-state index is 12.7. The molecule has 144 valence electrons. The highest BCUT2D eigenvalue weighted by Gasteiger charge is 2.33. The van der Waals surface area contributed by atoms with E-state index < -0.39 is 11.9 Å². The number of pyridine rings is 1. The van der Waals surface area contributed by atoms with Gasteiger partial charge < -0.3 is 9.47 Å². The average Bonchev–Trinajstić information content (AvgIpc) is 3.21. The van der Waals surface area contributed by atoms with Gasteiger partial charge >= 0.3 is 6.18 Å². The topological polar surface area (TPSA) is 51.7 Å². The van der Waals surface area contributed by atoms with Crippen LogP contribution in [-0.4, -0.2) is 26.9 Å². The van der Waals surface area contributed by atoms with Crippen molar-refractivity contribution in [3.05, 3.63) is 58.3 Å².